The molecule has 0 saturated heterocycles. The van der Waals surface area contributed by atoms with Gasteiger partial charge in [-0.1, -0.05) is 48.5 Å². The molecule has 124 valence electrons. The summed E-state index contributed by atoms with van der Waals surface area (Å²) in [6.45, 7) is 2.40. The van der Waals surface area contributed by atoms with Gasteiger partial charge in [-0.15, -0.1) is 0 Å². The minimum Gasteiger partial charge on any atom is -0.492 e. The summed E-state index contributed by atoms with van der Waals surface area (Å²) < 4.78 is 33.4. The minimum absolute atomic E-state index is 0.208. The summed E-state index contributed by atoms with van der Waals surface area (Å²) in [5.41, 5.74) is 0.939. The van der Waals surface area contributed by atoms with Crippen molar-refractivity contribution in [1.82, 2.24) is 4.72 Å². The highest BCUT2D eigenvalue weighted by molar-refractivity contribution is 7.89. The van der Waals surface area contributed by atoms with E-state index in [0.717, 1.165) is 22.1 Å². The largest absolute Gasteiger partial charge is 0.492 e. The summed E-state index contributed by atoms with van der Waals surface area (Å²) >= 11 is 0. The Hall–Kier alpha value is -2.37. The second-order valence-corrected chi connectivity index (χ2v) is 7.22. The summed E-state index contributed by atoms with van der Waals surface area (Å²) in [5.74, 6) is 0.720. The molecule has 0 aliphatic carbocycles. The lowest BCUT2D eigenvalue weighted by Crippen LogP contribution is -2.28. The highest BCUT2D eigenvalue weighted by Gasteiger charge is 2.17. The molecule has 0 aliphatic heterocycles. The molecule has 0 aliphatic rings. The molecule has 0 unspecified atom stereocenters. The Balaban J connectivity index is 1.74. The second-order valence-electron chi connectivity index (χ2n) is 5.49. The molecular weight excluding hydrogens is 322 g/mol. The maximum Gasteiger partial charge on any atom is 0.241 e. The van der Waals surface area contributed by atoms with Crippen LogP contribution in [0.5, 0.6) is 5.75 Å². The molecule has 5 heteroatoms. The van der Waals surface area contributed by atoms with Crippen LogP contribution in [0.15, 0.2) is 71.6 Å². The van der Waals surface area contributed by atoms with E-state index in [1.807, 2.05) is 61.5 Å². The number of hydrogen-bond donors (Lipinski definition) is 1. The van der Waals surface area contributed by atoms with Gasteiger partial charge in [-0.2, -0.15) is 0 Å². The predicted molar refractivity (Wildman–Crippen MR) is 95.8 cm³/mol. The van der Waals surface area contributed by atoms with Gasteiger partial charge in [0.1, 0.15) is 12.4 Å². The van der Waals surface area contributed by atoms with Crippen LogP contribution < -0.4 is 9.46 Å². The van der Waals surface area contributed by atoms with Crippen LogP contribution in [0.4, 0.5) is 0 Å². The van der Waals surface area contributed by atoms with Gasteiger partial charge in [-0.05, 0) is 36.1 Å². The standard InChI is InChI=1S/C19H19NO3S/c1-15-7-5-8-16-9-6-12-18(19(15)16)24(21,22)20-13-14-23-17-10-3-2-4-11-17/h2-12,20H,13-14H2,1H3. The first-order chi connectivity index (χ1) is 11.6. The molecule has 0 bridgehead atoms. The normalized spacial score (nSPS) is 11.5. The lowest BCUT2D eigenvalue weighted by molar-refractivity contribution is 0.323. The van der Waals surface area contributed by atoms with Gasteiger partial charge in [0.2, 0.25) is 10.0 Å². The van der Waals surface area contributed by atoms with Crippen molar-refractivity contribution in [3.63, 3.8) is 0 Å². The average Bonchev–Trinajstić information content (AvgIpc) is 2.59. The van der Waals surface area contributed by atoms with Gasteiger partial charge in [-0.25, -0.2) is 13.1 Å². The van der Waals surface area contributed by atoms with Crippen LogP contribution in [-0.4, -0.2) is 21.6 Å². The molecular formula is C19H19NO3S. The van der Waals surface area contributed by atoms with Crippen molar-refractivity contribution in [3.8, 4) is 5.75 Å². The number of rotatable bonds is 6. The van der Waals surface area contributed by atoms with E-state index in [1.165, 1.54) is 0 Å². The van der Waals surface area contributed by atoms with Crippen LogP contribution in [0.2, 0.25) is 0 Å². The molecule has 3 aromatic rings. The van der Waals surface area contributed by atoms with E-state index in [4.69, 9.17) is 4.74 Å². The SMILES string of the molecule is Cc1cccc2cccc(S(=O)(=O)NCCOc3ccccc3)c12. The van der Waals surface area contributed by atoms with Gasteiger partial charge in [0.15, 0.2) is 0 Å². The zero-order chi connectivity index (χ0) is 17.0. The molecule has 3 aromatic carbocycles. The van der Waals surface area contributed by atoms with Gasteiger partial charge >= 0.3 is 0 Å². The third-order valence-electron chi connectivity index (χ3n) is 3.77. The third-order valence-corrected chi connectivity index (χ3v) is 5.27. The van der Waals surface area contributed by atoms with E-state index in [2.05, 4.69) is 4.72 Å². The van der Waals surface area contributed by atoms with Gasteiger partial charge < -0.3 is 4.74 Å². The number of sulfonamides is 1. The summed E-state index contributed by atoms with van der Waals surface area (Å²) in [6, 6.07) is 20.4. The first-order valence-corrected chi connectivity index (χ1v) is 9.22. The van der Waals surface area contributed by atoms with Gasteiger partial charge in [0, 0.05) is 11.9 Å². The molecule has 3 rings (SSSR count). The fraction of sp³-hybridized carbons (Fsp3) is 0.158. The van der Waals surface area contributed by atoms with Gasteiger partial charge in [0.05, 0.1) is 4.90 Å². The van der Waals surface area contributed by atoms with Crippen LogP contribution in [0.25, 0.3) is 10.8 Å². The van der Waals surface area contributed by atoms with Crippen molar-refractivity contribution in [1.29, 1.82) is 0 Å². The molecule has 0 radical (unpaired) electrons. The molecule has 0 aromatic heterocycles. The van der Waals surface area contributed by atoms with Crippen molar-refractivity contribution in [3.05, 3.63) is 72.3 Å². The molecule has 1 N–H and O–H groups in total. The van der Waals surface area contributed by atoms with Crippen molar-refractivity contribution in [2.24, 2.45) is 0 Å². The van der Waals surface area contributed by atoms with Crippen molar-refractivity contribution < 1.29 is 13.2 Å². The zero-order valence-electron chi connectivity index (χ0n) is 13.4. The quantitative estimate of drug-likeness (QED) is 0.698. The number of aryl methyl sites for hydroxylation is 1. The molecule has 0 fully saturated rings. The molecule has 0 amide bonds. The van der Waals surface area contributed by atoms with Crippen molar-refractivity contribution in [2.75, 3.05) is 13.2 Å². The number of fused-ring (bicyclic) bond motifs is 1. The van der Waals surface area contributed by atoms with Gasteiger partial charge in [0.25, 0.3) is 0 Å². The van der Waals surface area contributed by atoms with Crippen LogP contribution in [0, 0.1) is 6.92 Å². The lowest BCUT2D eigenvalue weighted by Gasteiger charge is -2.12. The first kappa shape index (κ1) is 16.5. The second kappa shape index (κ2) is 7.03. The fourth-order valence-electron chi connectivity index (χ4n) is 2.65. The van der Waals surface area contributed by atoms with E-state index < -0.39 is 10.0 Å². The topological polar surface area (TPSA) is 55.4 Å². The number of ether oxygens (including phenoxy) is 1. The number of hydrogen-bond acceptors (Lipinski definition) is 3. The molecule has 0 spiro atoms. The molecule has 0 heterocycles. The Kier molecular flexibility index (Phi) is 4.83. The van der Waals surface area contributed by atoms with Crippen molar-refractivity contribution in [2.45, 2.75) is 11.8 Å². The Morgan fingerprint density at radius 2 is 1.62 bits per heavy atom. The van der Waals surface area contributed by atoms with E-state index in [1.54, 1.807) is 12.1 Å². The van der Waals surface area contributed by atoms with E-state index in [9.17, 15) is 8.42 Å². The maximum absolute atomic E-state index is 12.6. The number of nitrogens with one attached hydrogen (secondary N) is 1. The Morgan fingerprint density at radius 1 is 0.917 bits per heavy atom. The molecule has 0 atom stereocenters. The van der Waals surface area contributed by atoms with Gasteiger partial charge in [-0.3, -0.25) is 0 Å². The lowest BCUT2D eigenvalue weighted by atomic mass is 10.1. The smallest absolute Gasteiger partial charge is 0.241 e. The van der Waals surface area contributed by atoms with E-state index in [-0.39, 0.29) is 13.2 Å². The predicted octanol–water partition coefficient (Wildman–Crippen LogP) is 3.51. The third kappa shape index (κ3) is 3.58. The number of benzene rings is 3. The van der Waals surface area contributed by atoms with E-state index >= 15 is 0 Å². The highest BCUT2D eigenvalue weighted by Crippen LogP contribution is 2.25. The maximum atomic E-state index is 12.6. The number of para-hydroxylation sites is 1. The fourth-order valence-corrected chi connectivity index (χ4v) is 3.96. The zero-order valence-corrected chi connectivity index (χ0v) is 14.2. The van der Waals surface area contributed by atoms with Crippen LogP contribution in [0.3, 0.4) is 0 Å². The Bertz CT molecular complexity index is 932. The monoisotopic (exact) mass is 341 g/mol. The Labute approximate surface area is 142 Å². The summed E-state index contributed by atoms with van der Waals surface area (Å²) in [6.07, 6.45) is 0. The minimum atomic E-state index is -3.59. The average molecular weight is 341 g/mol. The summed E-state index contributed by atoms with van der Waals surface area (Å²) in [4.78, 5) is 0.304. The first-order valence-electron chi connectivity index (χ1n) is 7.74. The molecule has 0 saturated carbocycles. The van der Waals surface area contributed by atoms with Crippen molar-refractivity contribution >= 4 is 20.8 Å². The van der Waals surface area contributed by atoms with Crippen LogP contribution >= 0.6 is 0 Å². The Morgan fingerprint density at radius 3 is 2.38 bits per heavy atom. The van der Waals surface area contributed by atoms with Crippen LogP contribution in [0.1, 0.15) is 5.56 Å². The summed E-state index contributed by atoms with van der Waals surface area (Å²) in [5, 5.41) is 1.68. The highest BCUT2D eigenvalue weighted by atomic mass is 32.2. The molecule has 4 nitrogen and oxygen atoms in total. The van der Waals surface area contributed by atoms with Crippen LogP contribution in [-0.2, 0) is 10.0 Å². The summed E-state index contributed by atoms with van der Waals surface area (Å²) in [7, 11) is -3.59. The van der Waals surface area contributed by atoms with E-state index in [0.29, 0.717) is 4.90 Å². The molecule has 24 heavy (non-hydrogen) atoms.